The van der Waals surface area contributed by atoms with E-state index in [4.69, 9.17) is 9.84 Å². The summed E-state index contributed by atoms with van der Waals surface area (Å²) in [7, 11) is 1.51. The average molecular weight is 316 g/mol. The van der Waals surface area contributed by atoms with E-state index >= 15 is 0 Å². The molecule has 2 aromatic carbocycles. The Morgan fingerprint density at radius 2 is 1.65 bits per heavy atom. The summed E-state index contributed by atoms with van der Waals surface area (Å²) < 4.78 is 5.24. The Balaban J connectivity index is 2.63. The number of carboxylic acids is 2. The monoisotopic (exact) mass is 316 g/mol. The summed E-state index contributed by atoms with van der Waals surface area (Å²) >= 11 is 0. The molecular formula is C17H16O6. The largest absolute Gasteiger partial charge is 0.506 e. The van der Waals surface area contributed by atoms with Crippen LogP contribution in [0.5, 0.6) is 11.5 Å². The van der Waals surface area contributed by atoms with E-state index in [0.717, 1.165) is 5.56 Å². The number of rotatable bonds is 5. The molecule has 2 aromatic rings. The molecule has 120 valence electrons. The van der Waals surface area contributed by atoms with E-state index in [-0.39, 0.29) is 6.42 Å². The van der Waals surface area contributed by atoms with E-state index in [1.54, 1.807) is 24.3 Å². The highest BCUT2D eigenvalue weighted by Crippen LogP contribution is 2.32. The van der Waals surface area contributed by atoms with Crippen molar-refractivity contribution >= 4 is 11.9 Å². The van der Waals surface area contributed by atoms with Crippen LogP contribution in [0.15, 0.2) is 30.3 Å². The van der Waals surface area contributed by atoms with Gasteiger partial charge in [0.15, 0.2) is 0 Å². The van der Waals surface area contributed by atoms with E-state index in [9.17, 15) is 19.8 Å². The van der Waals surface area contributed by atoms with E-state index in [0.29, 0.717) is 16.9 Å². The number of para-hydroxylation sites is 1. The van der Waals surface area contributed by atoms with Gasteiger partial charge in [-0.05, 0) is 29.7 Å². The van der Waals surface area contributed by atoms with Crippen molar-refractivity contribution in [2.75, 3.05) is 7.11 Å². The maximum absolute atomic E-state index is 11.5. The fourth-order valence-electron chi connectivity index (χ4n) is 2.57. The van der Waals surface area contributed by atoms with Gasteiger partial charge in [0.25, 0.3) is 0 Å². The lowest BCUT2D eigenvalue weighted by atomic mass is 9.93. The Kier molecular flexibility index (Phi) is 4.55. The molecule has 0 saturated carbocycles. The van der Waals surface area contributed by atoms with Gasteiger partial charge in [0.1, 0.15) is 22.6 Å². The molecule has 2 rings (SSSR count). The molecule has 0 fully saturated rings. The maximum atomic E-state index is 11.5. The summed E-state index contributed by atoms with van der Waals surface area (Å²) in [5.41, 5.74) is 0.552. The minimum Gasteiger partial charge on any atom is -0.506 e. The third-order valence-corrected chi connectivity index (χ3v) is 3.58. The van der Waals surface area contributed by atoms with Crippen LogP contribution in [0, 0.1) is 6.92 Å². The Bertz CT molecular complexity index is 779. The standard InChI is InChI=1S/C17H16O6/c1-9-7-11(8-10-5-3-4-6-12(10)23-2)14(17(21)22)15(18)13(9)16(19)20/h3-7,18H,8H2,1-2H3,(H,19,20)(H,21,22). The molecule has 0 spiro atoms. The number of benzene rings is 2. The van der Waals surface area contributed by atoms with Crippen LogP contribution in [0.1, 0.15) is 37.4 Å². The second-order valence-corrected chi connectivity index (χ2v) is 5.05. The Hall–Kier alpha value is -3.02. The van der Waals surface area contributed by atoms with Gasteiger partial charge in [0.05, 0.1) is 7.11 Å². The van der Waals surface area contributed by atoms with Crippen LogP contribution < -0.4 is 4.74 Å². The van der Waals surface area contributed by atoms with Crippen molar-refractivity contribution in [1.29, 1.82) is 0 Å². The fourth-order valence-corrected chi connectivity index (χ4v) is 2.57. The molecule has 0 heterocycles. The molecule has 0 amide bonds. The predicted molar refractivity (Wildman–Crippen MR) is 82.6 cm³/mol. The number of aryl methyl sites for hydroxylation is 1. The number of ether oxygens (including phenoxy) is 1. The van der Waals surface area contributed by atoms with Gasteiger partial charge in [-0.2, -0.15) is 0 Å². The molecule has 0 atom stereocenters. The van der Waals surface area contributed by atoms with Gasteiger partial charge >= 0.3 is 11.9 Å². The van der Waals surface area contributed by atoms with Gasteiger partial charge in [-0.1, -0.05) is 24.3 Å². The highest BCUT2D eigenvalue weighted by atomic mass is 16.5. The number of aromatic hydroxyl groups is 1. The van der Waals surface area contributed by atoms with Gasteiger partial charge < -0.3 is 20.1 Å². The van der Waals surface area contributed by atoms with Crippen LogP contribution in [0.3, 0.4) is 0 Å². The molecule has 0 aliphatic carbocycles. The molecular weight excluding hydrogens is 300 g/mol. The Morgan fingerprint density at radius 3 is 2.22 bits per heavy atom. The van der Waals surface area contributed by atoms with Gasteiger partial charge in [-0.15, -0.1) is 0 Å². The second kappa shape index (κ2) is 6.39. The highest BCUT2D eigenvalue weighted by molar-refractivity contribution is 6.00. The number of aromatic carboxylic acids is 2. The lowest BCUT2D eigenvalue weighted by molar-refractivity contribution is 0.0690. The summed E-state index contributed by atoms with van der Waals surface area (Å²) in [6.45, 7) is 1.51. The van der Waals surface area contributed by atoms with Crippen molar-refractivity contribution in [3.63, 3.8) is 0 Å². The molecule has 0 saturated heterocycles. The predicted octanol–water partition coefficient (Wildman–Crippen LogP) is 2.70. The number of hydrogen-bond donors (Lipinski definition) is 3. The minimum absolute atomic E-state index is 0.194. The first-order valence-corrected chi connectivity index (χ1v) is 6.80. The number of carboxylic acid groups (broad SMARTS) is 2. The quantitative estimate of drug-likeness (QED) is 0.783. The summed E-state index contributed by atoms with van der Waals surface area (Å²) in [6, 6.07) is 8.57. The second-order valence-electron chi connectivity index (χ2n) is 5.05. The van der Waals surface area contributed by atoms with Crippen LogP contribution in [-0.4, -0.2) is 34.4 Å². The van der Waals surface area contributed by atoms with Crippen LogP contribution in [-0.2, 0) is 6.42 Å². The van der Waals surface area contributed by atoms with Gasteiger partial charge in [0.2, 0.25) is 0 Å². The molecule has 0 aliphatic heterocycles. The summed E-state index contributed by atoms with van der Waals surface area (Å²) in [4.78, 5) is 22.7. The molecule has 6 nitrogen and oxygen atoms in total. The molecule has 0 bridgehead atoms. The zero-order valence-corrected chi connectivity index (χ0v) is 12.7. The molecule has 6 heteroatoms. The van der Waals surface area contributed by atoms with E-state index in [1.165, 1.54) is 20.1 Å². The third kappa shape index (κ3) is 3.11. The zero-order chi connectivity index (χ0) is 17.1. The van der Waals surface area contributed by atoms with Crippen LogP contribution in [0.2, 0.25) is 0 Å². The molecule has 3 N–H and O–H groups in total. The van der Waals surface area contributed by atoms with Gasteiger partial charge in [-0.25, -0.2) is 9.59 Å². The number of hydrogen-bond acceptors (Lipinski definition) is 4. The summed E-state index contributed by atoms with van der Waals surface area (Å²) in [5, 5.41) is 28.6. The van der Waals surface area contributed by atoms with Crippen molar-refractivity contribution in [2.24, 2.45) is 0 Å². The summed E-state index contributed by atoms with van der Waals surface area (Å²) in [6.07, 6.45) is 0.194. The van der Waals surface area contributed by atoms with Gasteiger partial charge in [0, 0.05) is 6.42 Å². The average Bonchev–Trinajstić information content (AvgIpc) is 2.46. The number of phenols is 1. The van der Waals surface area contributed by atoms with Crippen LogP contribution >= 0.6 is 0 Å². The van der Waals surface area contributed by atoms with Crippen molar-refractivity contribution in [2.45, 2.75) is 13.3 Å². The highest BCUT2D eigenvalue weighted by Gasteiger charge is 2.25. The molecule has 0 unspecified atom stereocenters. The van der Waals surface area contributed by atoms with Crippen molar-refractivity contribution in [3.8, 4) is 11.5 Å². The van der Waals surface area contributed by atoms with Crippen LogP contribution in [0.25, 0.3) is 0 Å². The normalized spacial score (nSPS) is 10.3. The van der Waals surface area contributed by atoms with Crippen molar-refractivity contribution in [1.82, 2.24) is 0 Å². The first-order chi connectivity index (χ1) is 10.9. The van der Waals surface area contributed by atoms with E-state index < -0.39 is 28.8 Å². The van der Waals surface area contributed by atoms with E-state index in [2.05, 4.69) is 0 Å². The SMILES string of the molecule is COc1ccccc1Cc1cc(C)c(C(=O)O)c(O)c1C(=O)O. The first-order valence-electron chi connectivity index (χ1n) is 6.80. The van der Waals surface area contributed by atoms with Crippen molar-refractivity contribution < 1.29 is 29.6 Å². The Labute approximate surface area is 132 Å². The number of methoxy groups -OCH3 is 1. The number of carbonyl (C=O) groups is 2. The third-order valence-electron chi connectivity index (χ3n) is 3.58. The maximum Gasteiger partial charge on any atom is 0.339 e. The van der Waals surface area contributed by atoms with Crippen molar-refractivity contribution in [3.05, 3.63) is 58.1 Å². The van der Waals surface area contributed by atoms with Crippen LogP contribution in [0.4, 0.5) is 0 Å². The smallest absolute Gasteiger partial charge is 0.339 e. The molecule has 0 aromatic heterocycles. The summed E-state index contributed by atoms with van der Waals surface area (Å²) in [5.74, 6) is -2.89. The fraction of sp³-hybridized carbons (Fsp3) is 0.176. The molecule has 0 radical (unpaired) electrons. The van der Waals surface area contributed by atoms with E-state index in [1.807, 2.05) is 0 Å². The molecule has 23 heavy (non-hydrogen) atoms. The van der Waals surface area contributed by atoms with Gasteiger partial charge in [-0.3, -0.25) is 0 Å². The molecule has 0 aliphatic rings. The Morgan fingerprint density at radius 1 is 1.04 bits per heavy atom. The first kappa shape index (κ1) is 16.4. The lowest BCUT2D eigenvalue weighted by Crippen LogP contribution is -2.10. The zero-order valence-electron chi connectivity index (χ0n) is 12.7. The topological polar surface area (TPSA) is 104 Å². The minimum atomic E-state index is -1.38. The lowest BCUT2D eigenvalue weighted by Gasteiger charge is -2.14.